The van der Waals surface area contributed by atoms with Crippen LogP contribution in [0.1, 0.15) is 23.9 Å². The van der Waals surface area contributed by atoms with E-state index in [1.165, 1.54) is 5.56 Å². The average Bonchev–Trinajstić information content (AvgIpc) is 2.57. The Hall–Kier alpha value is -2.01. The van der Waals surface area contributed by atoms with Crippen LogP contribution in [0.2, 0.25) is 0 Å². The maximum Gasteiger partial charge on any atom is 0.150 e. The molecule has 0 aromatic carbocycles. The maximum absolute atomic E-state index is 4.56. The number of aryl methyl sites for hydroxylation is 2. The number of piperazine rings is 1. The van der Waals surface area contributed by atoms with Gasteiger partial charge in [0.15, 0.2) is 0 Å². The van der Waals surface area contributed by atoms with Gasteiger partial charge in [-0.3, -0.25) is 14.9 Å². The lowest BCUT2D eigenvalue weighted by atomic mass is 10.2. The molecule has 0 spiro atoms. The number of nitrogens with zero attached hydrogens (tertiary/aromatic N) is 5. The van der Waals surface area contributed by atoms with Crippen LogP contribution in [0.3, 0.4) is 0 Å². The van der Waals surface area contributed by atoms with Crippen LogP contribution in [-0.2, 0) is 13.0 Å². The van der Waals surface area contributed by atoms with E-state index < -0.39 is 0 Å². The molecule has 0 bridgehead atoms. The van der Waals surface area contributed by atoms with E-state index in [2.05, 4.69) is 43.8 Å². The van der Waals surface area contributed by atoms with Crippen molar-refractivity contribution in [1.29, 1.82) is 0 Å². The molecule has 2 aromatic heterocycles. The molecule has 0 N–H and O–H groups in total. The highest BCUT2D eigenvalue weighted by Crippen LogP contribution is 2.16. The van der Waals surface area contributed by atoms with Crippen LogP contribution in [0.5, 0.6) is 0 Å². The zero-order valence-corrected chi connectivity index (χ0v) is 13.4. The molecule has 3 rings (SSSR count). The van der Waals surface area contributed by atoms with Gasteiger partial charge in [0, 0.05) is 51.3 Å². The van der Waals surface area contributed by atoms with E-state index in [1.54, 1.807) is 12.4 Å². The number of aromatic nitrogens is 3. The summed E-state index contributed by atoms with van der Waals surface area (Å²) in [4.78, 5) is 18.1. The fraction of sp³-hybridized carbons (Fsp3) is 0.471. The van der Waals surface area contributed by atoms with Gasteiger partial charge in [-0.05, 0) is 25.0 Å². The first kappa shape index (κ1) is 14.9. The minimum absolute atomic E-state index is 0.928. The summed E-state index contributed by atoms with van der Waals surface area (Å²) in [5.74, 6) is 1.02. The first-order chi connectivity index (χ1) is 10.8. The fourth-order valence-electron chi connectivity index (χ4n) is 2.82. The van der Waals surface area contributed by atoms with E-state index in [1.807, 2.05) is 13.1 Å². The summed E-state index contributed by atoms with van der Waals surface area (Å²) < 4.78 is 0. The summed E-state index contributed by atoms with van der Waals surface area (Å²) in [6.45, 7) is 9.16. The van der Waals surface area contributed by atoms with E-state index in [-0.39, 0.29) is 0 Å². The number of hydrogen-bond donors (Lipinski definition) is 0. The SMILES string of the molecule is CCc1ccc(CN2CCN(c3nccnc3C)CC2)nc1. The highest BCUT2D eigenvalue weighted by atomic mass is 15.3. The van der Waals surface area contributed by atoms with E-state index in [4.69, 9.17) is 0 Å². The van der Waals surface area contributed by atoms with Crippen molar-refractivity contribution in [2.45, 2.75) is 26.8 Å². The molecule has 2 aromatic rings. The van der Waals surface area contributed by atoms with Gasteiger partial charge < -0.3 is 4.90 Å². The second-order valence-electron chi connectivity index (χ2n) is 5.74. The molecule has 1 saturated heterocycles. The molecule has 0 aliphatic carbocycles. The summed E-state index contributed by atoms with van der Waals surface area (Å²) in [6.07, 6.45) is 6.56. The largest absolute Gasteiger partial charge is 0.353 e. The number of rotatable bonds is 4. The molecule has 5 nitrogen and oxygen atoms in total. The molecule has 1 aliphatic heterocycles. The predicted octanol–water partition coefficient (Wildman–Crippen LogP) is 2.06. The summed E-state index contributed by atoms with van der Waals surface area (Å²) in [5, 5.41) is 0. The van der Waals surface area contributed by atoms with Crippen LogP contribution in [0.15, 0.2) is 30.7 Å². The molecule has 22 heavy (non-hydrogen) atoms. The zero-order chi connectivity index (χ0) is 15.4. The highest BCUT2D eigenvalue weighted by molar-refractivity contribution is 5.42. The van der Waals surface area contributed by atoms with Crippen molar-refractivity contribution in [2.75, 3.05) is 31.1 Å². The van der Waals surface area contributed by atoms with E-state index >= 15 is 0 Å². The van der Waals surface area contributed by atoms with Crippen molar-refractivity contribution < 1.29 is 0 Å². The Morgan fingerprint density at radius 1 is 1.00 bits per heavy atom. The lowest BCUT2D eigenvalue weighted by Crippen LogP contribution is -2.46. The standard InChI is InChI=1S/C17H23N5/c1-3-15-4-5-16(20-12-15)13-21-8-10-22(11-9-21)17-14(2)18-6-7-19-17/h4-7,12H,3,8-11,13H2,1-2H3. The third kappa shape index (κ3) is 3.42. The van der Waals surface area contributed by atoms with Gasteiger partial charge in [-0.1, -0.05) is 13.0 Å². The summed E-state index contributed by atoms with van der Waals surface area (Å²) >= 11 is 0. The quantitative estimate of drug-likeness (QED) is 0.864. The molecule has 116 valence electrons. The Bertz CT molecular complexity index is 603. The minimum atomic E-state index is 0.928. The van der Waals surface area contributed by atoms with Gasteiger partial charge in [0.25, 0.3) is 0 Å². The van der Waals surface area contributed by atoms with Crippen molar-refractivity contribution in [1.82, 2.24) is 19.9 Å². The third-order valence-corrected chi connectivity index (χ3v) is 4.21. The van der Waals surface area contributed by atoms with Gasteiger partial charge in [-0.2, -0.15) is 0 Å². The van der Waals surface area contributed by atoms with Crippen molar-refractivity contribution in [3.8, 4) is 0 Å². The Kier molecular flexibility index (Phi) is 4.63. The van der Waals surface area contributed by atoms with E-state index in [9.17, 15) is 0 Å². The normalized spacial score (nSPS) is 16.0. The Morgan fingerprint density at radius 2 is 1.77 bits per heavy atom. The summed E-state index contributed by atoms with van der Waals surface area (Å²) in [5.41, 5.74) is 3.46. The Balaban J connectivity index is 1.56. The molecule has 3 heterocycles. The van der Waals surface area contributed by atoms with Crippen LogP contribution in [0.25, 0.3) is 0 Å². The van der Waals surface area contributed by atoms with E-state index in [0.29, 0.717) is 0 Å². The predicted molar refractivity (Wildman–Crippen MR) is 87.9 cm³/mol. The highest BCUT2D eigenvalue weighted by Gasteiger charge is 2.19. The maximum atomic E-state index is 4.56. The van der Waals surface area contributed by atoms with Crippen LogP contribution < -0.4 is 4.90 Å². The molecule has 1 aliphatic rings. The molecule has 0 radical (unpaired) electrons. The lowest BCUT2D eigenvalue weighted by Gasteiger charge is -2.35. The van der Waals surface area contributed by atoms with Gasteiger partial charge in [0.2, 0.25) is 0 Å². The van der Waals surface area contributed by atoms with Gasteiger partial charge in [-0.25, -0.2) is 4.98 Å². The molecule has 0 unspecified atom stereocenters. The van der Waals surface area contributed by atoms with E-state index in [0.717, 1.165) is 56.4 Å². The molecule has 5 heteroatoms. The lowest BCUT2D eigenvalue weighted by molar-refractivity contribution is 0.246. The van der Waals surface area contributed by atoms with Gasteiger partial charge >= 0.3 is 0 Å². The number of pyridine rings is 1. The monoisotopic (exact) mass is 297 g/mol. The van der Waals surface area contributed by atoms with Crippen LogP contribution in [0, 0.1) is 6.92 Å². The van der Waals surface area contributed by atoms with Gasteiger partial charge in [0.05, 0.1) is 11.4 Å². The third-order valence-electron chi connectivity index (χ3n) is 4.21. The van der Waals surface area contributed by atoms with Gasteiger partial charge in [-0.15, -0.1) is 0 Å². The number of hydrogen-bond acceptors (Lipinski definition) is 5. The van der Waals surface area contributed by atoms with Gasteiger partial charge in [0.1, 0.15) is 5.82 Å². The second kappa shape index (κ2) is 6.83. The Labute approximate surface area is 132 Å². The minimum Gasteiger partial charge on any atom is -0.353 e. The van der Waals surface area contributed by atoms with Crippen molar-refractivity contribution in [3.63, 3.8) is 0 Å². The smallest absolute Gasteiger partial charge is 0.150 e. The van der Waals surface area contributed by atoms with Crippen molar-refractivity contribution in [3.05, 3.63) is 47.7 Å². The fourth-order valence-corrected chi connectivity index (χ4v) is 2.82. The first-order valence-electron chi connectivity index (χ1n) is 7.95. The average molecular weight is 297 g/mol. The van der Waals surface area contributed by atoms with Crippen LogP contribution in [-0.4, -0.2) is 46.0 Å². The molecule has 0 atom stereocenters. The summed E-state index contributed by atoms with van der Waals surface area (Å²) in [6, 6.07) is 4.33. The van der Waals surface area contributed by atoms with Crippen LogP contribution in [0.4, 0.5) is 5.82 Å². The number of anilines is 1. The second-order valence-corrected chi connectivity index (χ2v) is 5.74. The van der Waals surface area contributed by atoms with Crippen LogP contribution >= 0.6 is 0 Å². The van der Waals surface area contributed by atoms with Crippen molar-refractivity contribution >= 4 is 5.82 Å². The molecule has 0 amide bonds. The molecular formula is C17H23N5. The Morgan fingerprint density at radius 3 is 2.41 bits per heavy atom. The summed E-state index contributed by atoms with van der Waals surface area (Å²) in [7, 11) is 0. The molecule has 1 fully saturated rings. The van der Waals surface area contributed by atoms with Crippen molar-refractivity contribution in [2.24, 2.45) is 0 Å². The molecular weight excluding hydrogens is 274 g/mol. The first-order valence-corrected chi connectivity index (χ1v) is 7.95. The topological polar surface area (TPSA) is 45.2 Å². The molecule has 0 saturated carbocycles. The zero-order valence-electron chi connectivity index (χ0n) is 13.4.